The molecule has 0 spiro atoms. The van der Waals surface area contributed by atoms with Crippen LogP contribution in [0.4, 0.5) is 0 Å². The highest BCUT2D eigenvalue weighted by Crippen LogP contribution is 1.99. The Bertz CT molecular complexity index is 57.1. The van der Waals surface area contributed by atoms with Crippen LogP contribution in [0.1, 0.15) is 6.92 Å². The number of halogens is 2. The van der Waals surface area contributed by atoms with Crippen LogP contribution in [0.15, 0.2) is 12.2 Å². The summed E-state index contributed by atoms with van der Waals surface area (Å²) in [6, 6.07) is 0. The van der Waals surface area contributed by atoms with E-state index < -0.39 is 0 Å². The van der Waals surface area contributed by atoms with Gasteiger partial charge >= 0.3 is 0 Å². The van der Waals surface area contributed by atoms with Gasteiger partial charge in [0.15, 0.2) is 0 Å². The molecular weight excluding hydrogens is 314 g/mol. The zero-order chi connectivity index (χ0) is 5.70. The lowest BCUT2D eigenvalue weighted by molar-refractivity contribution is 1.29. The fraction of sp³-hybridized carbons (Fsp3) is 0.600. The molecule has 0 N–H and O–H groups in total. The van der Waals surface area contributed by atoms with Crippen LogP contribution in [0.2, 0.25) is 0 Å². The molecule has 0 bridgehead atoms. The minimum atomic E-state index is 0.687. The second-order valence-corrected chi connectivity index (χ2v) is 4.11. The number of hydrogen-bond acceptors (Lipinski definition) is 0. The van der Waals surface area contributed by atoms with E-state index in [4.69, 9.17) is 0 Å². The third-order valence-electron chi connectivity index (χ3n) is 0.490. The lowest BCUT2D eigenvalue weighted by Gasteiger charge is -1.86. The van der Waals surface area contributed by atoms with Crippen molar-refractivity contribution in [2.24, 2.45) is 0 Å². The van der Waals surface area contributed by atoms with Gasteiger partial charge in [0.05, 0.1) is 0 Å². The van der Waals surface area contributed by atoms with E-state index in [0.29, 0.717) is 3.92 Å². The first kappa shape index (κ1) is 8.20. The van der Waals surface area contributed by atoms with Gasteiger partial charge in [0.2, 0.25) is 0 Å². The molecule has 0 amide bonds. The van der Waals surface area contributed by atoms with Crippen molar-refractivity contribution in [3.05, 3.63) is 12.2 Å². The molecule has 0 nitrogen and oxygen atoms in total. The van der Waals surface area contributed by atoms with Crippen molar-refractivity contribution in [2.75, 3.05) is 4.43 Å². The Hall–Kier alpha value is 1.20. The highest BCUT2D eigenvalue weighted by atomic mass is 127. The Kier molecular flexibility index (Phi) is 6.25. The summed E-state index contributed by atoms with van der Waals surface area (Å²) >= 11 is 4.71. The first-order chi connectivity index (χ1) is 3.27. The zero-order valence-corrected chi connectivity index (χ0v) is 8.51. The van der Waals surface area contributed by atoms with Gasteiger partial charge in [-0.25, -0.2) is 0 Å². The Morgan fingerprint density at radius 3 is 2.43 bits per heavy atom. The monoisotopic (exact) mass is 322 g/mol. The largest absolute Gasteiger partial charge is 0.0819 e. The molecule has 1 unspecified atom stereocenters. The smallest absolute Gasteiger partial charge is 0.0261 e. The van der Waals surface area contributed by atoms with Crippen LogP contribution in [0.3, 0.4) is 0 Å². The summed E-state index contributed by atoms with van der Waals surface area (Å²) in [7, 11) is 0. The number of allylic oxidation sites excluding steroid dienone is 2. The maximum absolute atomic E-state index is 2.38. The standard InChI is InChI=1S/C5H8I2/c1-5(7)3-2-4-6/h2-3,5H,4H2,1H3/b3-2+. The maximum Gasteiger partial charge on any atom is 0.0261 e. The molecule has 7 heavy (non-hydrogen) atoms. The number of rotatable bonds is 2. The third-order valence-corrected chi connectivity index (χ3v) is 1.41. The van der Waals surface area contributed by atoms with Crippen LogP contribution < -0.4 is 0 Å². The van der Waals surface area contributed by atoms with Gasteiger partial charge in [0, 0.05) is 8.35 Å². The molecule has 0 saturated heterocycles. The lowest BCUT2D eigenvalue weighted by Crippen LogP contribution is -1.78. The minimum Gasteiger partial charge on any atom is -0.0819 e. The summed E-state index contributed by atoms with van der Waals surface area (Å²) in [5, 5.41) is 0. The summed E-state index contributed by atoms with van der Waals surface area (Å²) < 4.78 is 1.82. The van der Waals surface area contributed by atoms with Gasteiger partial charge in [0.1, 0.15) is 0 Å². The van der Waals surface area contributed by atoms with E-state index in [-0.39, 0.29) is 0 Å². The number of hydrogen-bond donors (Lipinski definition) is 0. The maximum atomic E-state index is 2.38. The Morgan fingerprint density at radius 1 is 1.71 bits per heavy atom. The number of alkyl halides is 2. The molecule has 0 radical (unpaired) electrons. The fourth-order valence-corrected chi connectivity index (χ4v) is 0.826. The molecular formula is C5H8I2. The van der Waals surface area contributed by atoms with Crippen LogP contribution in [-0.4, -0.2) is 8.35 Å². The third kappa shape index (κ3) is 7.20. The molecule has 2 heteroatoms. The first-order valence-electron chi connectivity index (χ1n) is 2.14. The SMILES string of the molecule is CC(I)/C=C/CI. The van der Waals surface area contributed by atoms with E-state index in [0.717, 1.165) is 4.43 Å². The van der Waals surface area contributed by atoms with Crippen molar-refractivity contribution in [3.8, 4) is 0 Å². The van der Waals surface area contributed by atoms with Gasteiger partial charge in [-0.3, -0.25) is 0 Å². The zero-order valence-electron chi connectivity index (χ0n) is 4.20. The van der Waals surface area contributed by atoms with Crippen LogP contribution in [0, 0.1) is 0 Å². The molecule has 0 aliphatic carbocycles. The average Bonchev–Trinajstić information content (AvgIpc) is 1.61. The predicted octanol–water partition coefficient (Wildman–Crippen LogP) is 2.80. The van der Waals surface area contributed by atoms with Crippen molar-refractivity contribution < 1.29 is 0 Å². The summed E-state index contributed by atoms with van der Waals surface area (Å²) in [6.07, 6.45) is 4.38. The van der Waals surface area contributed by atoms with Crippen LogP contribution in [-0.2, 0) is 0 Å². The first-order valence-corrected chi connectivity index (χ1v) is 4.91. The van der Waals surface area contributed by atoms with Gasteiger partial charge in [0.25, 0.3) is 0 Å². The highest BCUT2D eigenvalue weighted by molar-refractivity contribution is 14.1. The molecule has 0 aromatic rings. The topological polar surface area (TPSA) is 0 Å². The predicted molar refractivity (Wildman–Crippen MR) is 51.5 cm³/mol. The molecule has 0 heterocycles. The molecule has 0 fully saturated rings. The van der Waals surface area contributed by atoms with Crippen molar-refractivity contribution >= 4 is 45.2 Å². The highest BCUT2D eigenvalue weighted by Gasteiger charge is 1.81. The summed E-state index contributed by atoms with van der Waals surface area (Å²) in [4.78, 5) is 0. The molecule has 1 atom stereocenters. The van der Waals surface area contributed by atoms with E-state index >= 15 is 0 Å². The van der Waals surface area contributed by atoms with E-state index in [1.165, 1.54) is 0 Å². The fourth-order valence-electron chi connectivity index (χ4n) is 0.239. The van der Waals surface area contributed by atoms with E-state index in [9.17, 15) is 0 Å². The summed E-state index contributed by atoms with van der Waals surface area (Å²) in [5.74, 6) is 0. The molecule has 0 rings (SSSR count). The van der Waals surface area contributed by atoms with E-state index in [1.807, 2.05) is 0 Å². The second kappa shape index (κ2) is 5.34. The Balaban J connectivity index is 3.08. The Morgan fingerprint density at radius 2 is 2.29 bits per heavy atom. The lowest BCUT2D eigenvalue weighted by atomic mass is 10.4. The van der Waals surface area contributed by atoms with Crippen molar-refractivity contribution in [1.82, 2.24) is 0 Å². The molecule has 0 aliphatic rings. The normalized spacial score (nSPS) is 15.3. The molecule has 0 aliphatic heterocycles. The van der Waals surface area contributed by atoms with Crippen molar-refractivity contribution in [3.63, 3.8) is 0 Å². The Labute approximate surface area is 72.0 Å². The second-order valence-electron chi connectivity index (χ2n) is 1.26. The molecule has 0 aromatic heterocycles. The van der Waals surface area contributed by atoms with Crippen LogP contribution in [0.25, 0.3) is 0 Å². The van der Waals surface area contributed by atoms with Gasteiger partial charge in [-0.2, -0.15) is 0 Å². The summed E-state index contributed by atoms with van der Waals surface area (Å²) in [6.45, 7) is 2.17. The van der Waals surface area contributed by atoms with Gasteiger partial charge in [-0.15, -0.1) is 0 Å². The molecule has 0 aromatic carbocycles. The summed E-state index contributed by atoms with van der Waals surface area (Å²) in [5.41, 5.74) is 0. The van der Waals surface area contributed by atoms with Crippen molar-refractivity contribution in [1.29, 1.82) is 0 Å². The average molecular weight is 322 g/mol. The van der Waals surface area contributed by atoms with Gasteiger partial charge < -0.3 is 0 Å². The minimum absolute atomic E-state index is 0.687. The van der Waals surface area contributed by atoms with Crippen LogP contribution in [0.5, 0.6) is 0 Å². The van der Waals surface area contributed by atoms with Crippen molar-refractivity contribution in [2.45, 2.75) is 10.8 Å². The van der Waals surface area contributed by atoms with E-state index in [2.05, 4.69) is 64.3 Å². The molecule has 42 valence electrons. The van der Waals surface area contributed by atoms with E-state index in [1.54, 1.807) is 0 Å². The molecule has 0 saturated carbocycles. The quantitative estimate of drug-likeness (QED) is 0.417. The van der Waals surface area contributed by atoms with Gasteiger partial charge in [-0.1, -0.05) is 57.3 Å². The van der Waals surface area contributed by atoms with Crippen LogP contribution >= 0.6 is 45.2 Å². The van der Waals surface area contributed by atoms with Gasteiger partial charge in [-0.05, 0) is 6.92 Å².